The highest BCUT2D eigenvalue weighted by atomic mass is 16.2. The first kappa shape index (κ1) is 17.5. The van der Waals surface area contributed by atoms with Gasteiger partial charge in [-0.25, -0.2) is 0 Å². The van der Waals surface area contributed by atoms with Gasteiger partial charge in [-0.1, -0.05) is 19.9 Å². The number of anilines is 1. The molecule has 5 heteroatoms. The molecule has 0 unspecified atom stereocenters. The maximum absolute atomic E-state index is 12.6. The second kappa shape index (κ2) is 8.67. The number of rotatable bonds is 6. The number of carbonyl (C=O) groups is 2. The molecular weight excluding hydrogens is 290 g/mol. The summed E-state index contributed by atoms with van der Waals surface area (Å²) < 4.78 is 0. The summed E-state index contributed by atoms with van der Waals surface area (Å²) in [5.74, 6) is 0.659. The monoisotopic (exact) mass is 317 g/mol. The van der Waals surface area contributed by atoms with Gasteiger partial charge in [0, 0.05) is 24.3 Å². The summed E-state index contributed by atoms with van der Waals surface area (Å²) in [7, 11) is 0. The van der Waals surface area contributed by atoms with Crippen LogP contribution in [0, 0.1) is 5.92 Å². The minimum absolute atomic E-state index is 0.0529. The van der Waals surface area contributed by atoms with Crippen LogP contribution in [0.25, 0.3) is 0 Å². The predicted molar refractivity (Wildman–Crippen MR) is 92.5 cm³/mol. The fourth-order valence-electron chi connectivity index (χ4n) is 2.71. The lowest BCUT2D eigenvalue weighted by atomic mass is 9.98. The van der Waals surface area contributed by atoms with E-state index in [9.17, 15) is 9.59 Å². The average molecular weight is 317 g/mol. The summed E-state index contributed by atoms with van der Waals surface area (Å²) in [6, 6.07) is 7.20. The Balaban J connectivity index is 1.93. The van der Waals surface area contributed by atoms with Gasteiger partial charge in [0.05, 0.1) is 6.54 Å². The topological polar surface area (TPSA) is 61.4 Å². The first-order valence-corrected chi connectivity index (χ1v) is 8.50. The average Bonchev–Trinajstić information content (AvgIpc) is 2.55. The fraction of sp³-hybridized carbons (Fsp3) is 0.556. The molecule has 5 nitrogen and oxygen atoms in total. The summed E-state index contributed by atoms with van der Waals surface area (Å²) in [6.45, 7) is 7.02. The largest absolute Gasteiger partial charge is 0.339 e. The number of hydrogen-bond acceptors (Lipinski definition) is 3. The first-order valence-electron chi connectivity index (χ1n) is 8.50. The number of likely N-dealkylation sites (tertiary alicyclic amines) is 1. The van der Waals surface area contributed by atoms with E-state index in [1.54, 1.807) is 6.07 Å². The molecule has 0 aromatic heterocycles. The highest BCUT2D eigenvalue weighted by molar-refractivity contribution is 5.97. The molecule has 0 spiro atoms. The van der Waals surface area contributed by atoms with Gasteiger partial charge in [-0.2, -0.15) is 0 Å². The Bertz CT molecular complexity index is 537. The molecule has 1 aromatic carbocycles. The van der Waals surface area contributed by atoms with Crippen LogP contribution in [-0.2, 0) is 4.79 Å². The van der Waals surface area contributed by atoms with Crippen LogP contribution in [0.15, 0.2) is 24.3 Å². The lowest BCUT2D eigenvalue weighted by molar-refractivity contribution is -0.115. The molecule has 126 valence electrons. The molecule has 2 rings (SSSR count). The Labute approximate surface area is 138 Å². The van der Waals surface area contributed by atoms with Crippen molar-refractivity contribution in [3.63, 3.8) is 0 Å². The zero-order valence-electron chi connectivity index (χ0n) is 14.1. The van der Waals surface area contributed by atoms with Crippen LogP contribution in [0.5, 0.6) is 0 Å². The number of piperidine rings is 1. The van der Waals surface area contributed by atoms with Gasteiger partial charge >= 0.3 is 0 Å². The van der Waals surface area contributed by atoms with Gasteiger partial charge in [0.15, 0.2) is 0 Å². The Kier molecular flexibility index (Phi) is 6.59. The summed E-state index contributed by atoms with van der Waals surface area (Å²) in [5.41, 5.74) is 1.31. The zero-order chi connectivity index (χ0) is 16.7. The second-order valence-corrected chi connectivity index (χ2v) is 6.28. The maximum atomic E-state index is 12.6. The molecule has 1 aromatic rings. The van der Waals surface area contributed by atoms with E-state index in [-0.39, 0.29) is 18.4 Å². The summed E-state index contributed by atoms with van der Waals surface area (Å²) in [4.78, 5) is 26.3. The quantitative estimate of drug-likeness (QED) is 0.793. The van der Waals surface area contributed by atoms with Gasteiger partial charge in [-0.05, 0) is 49.9 Å². The van der Waals surface area contributed by atoms with Gasteiger partial charge in [-0.3, -0.25) is 9.59 Å². The molecule has 1 fully saturated rings. The standard InChI is InChI=1S/C18H27N3O2/c1-3-9-19-13-17(22)20-16-6-4-5-15(12-16)18(23)21-10-7-14(2)8-11-21/h4-6,12,14,19H,3,7-11,13H2,1-2H3,(H,20,22). The Morgan fingerprint density at radius 3 is 2.70 bits per heavy atom. The van der Waals surface area contributed by atoms with E-state index in [0.717, 1.165) is 38.9 Å². The van der Waals surface area contributed by atoms with Crippen molar-refractivity contribution in [2.75, 3.05) is 31.5 Å². The van der Waals surface area contributed by atoms with E-state index in [4.69, 9.17) is 0 Å². The molecule has 1 aliphatic rings. The van der Waals surface area contributed by atoms with Crippen molar-refractivity contribution in [3.05, 3.63) is 29.8 Å². The Morgan fingerprint density at radius 2 is 2.00 bits per heavy atom. The van der Waals surface area contributed by atoms with Gasteiger partial charge in [0.2, 0.25) is 5.91 Å². The summed E-state index contributed by atoms with van der Waals surface area (Å²) >= 11 is 0. The molecule has 2 N–H and O–H groups in total. The normalized spacial score (nSPS) is 15.5. The third-order valence-corrected chi connectivity index (χ3v) is 4.18. The lowest BCUT2D eigenvalue weighted by Crippen LogP contribution is -2.37. The fourth-order valence-corrected chi connectivity index (χ4v) is 2.71. The van der Waals surface area contributed by atoms with Crippen molar-refractivity contribution in [2.45, 2.75) is 33.1 Å². The van der Waals surface area contributed by atoms with Crippen molar-refractivity contribution >= 4 is 17.5 Å². The van der Waals surface area contributed by atoms with Crippen molar-refractivity contribution in [1.29, 1.82) is 0 Å². The number of hydrogen-bond donors (Lipinski definition) is 2. The first-order chi connectivity index (χ1) is 11.1. The molecular formula is C18H27N3O2. The predicted octanol–water partition coefficient (Wildman–Crippen LogP) is 2.50. The van der Waals surface area contributed by atoms with Crippen LogP contribution >= 0.6 is 0 Å². The number of carbonyl (C=O) groups excluding carboxylic acids is 2. The molecule has 0 saturated carbocycles. The van der Waals surface area contributed by atoms with Crippen LogP contribution in [0.4, 0.5) is 5.69 Å². The highest BCUT2D eigenvalue weighted by Crippen LogP contribution is 2.19. The molecule has 0 radical (unpaired) electrons. The molecule has 2 amide bonds. The van der Waals surface area contributed by atoms with E-state index < -0.39 is 0 Å². The van der Waals surface area contributed by atoms with E-state index in [0.29, 0.717) is 17.2 Å². The molecule has 1 aliphatic heterocycles. The van der Waals surface area contributed by atoms with Gasteiger partial charge in [0.25, 0.3) is 5.91 Å². The van der Waals surface area contributed by atoms with Crippen molar-refractivity contribution in [1.82, 2.24) is 10.2 Å². The van der Waals surface area contributed by atoms with E-state index in [2.05, 4.69) is 24.5 Å². The van der Waals surface area contributed by atoms with Gasteiger partial charge in [0.1, 0.15) is 0 Å². The van der Waals surface area contributed by atoms with E-state index in [1.807, 2.05) is 23.1 Å². The lowest BCUT2D eigenvalue weighted by Gasteiger charge is -2.30. The third-order valence-electron chi connectivity index (χ3n) is 4.18. The van der Waals surface area contributed by atoms with Gasteiger partial charge < -0.3 is 15.5 Å². The SMILES string of the molecule is CCCNCC(=O)Nc1cccc(C(=O)N2CCC(C)CC2)c1. The maximum Gasteiger partial charge on any atom is 0.253 e. The molecule has 1 heterocycles. The highest BCUT2D eigenvalue weighted by Gasteiger charge is 2.21. The van der Waals surface area contributed by atoms with Crippen LogP contribution in [-0.4, -0.2) is 42.9 Å². The minimum Gasteiger partial charge on any atom is -0.339 e. The minimum atomic E-state index is -0.0881. The molecule has 0 atom stereocenters. The second-order valence-electron chi connectivity index (χ2n) is 6.28. The van der Waals surface area contributed by atoms with Gasteiger partial charge in [-0.15, -0.1) is 0 Å². The molecule has 0 bridgehead atoms. The number of benzene rings is 1. The smallest absolute Gasteiger partial charge is 0.253 e. The number of nitrogens with zero attached hydrogens (tertiary/aromatic N) is 1. The van der Waals surface area contributed by atoms with Crippen LogP contribution < -0.4 is 10.6 Å². The summed E-state index contributed by atoms with van der Waals surface area (Å²) in [5, 5.41) is 5.89. The van der Waals surface area contributed by atoms with Crippen LogP contribution in [0.3, 0.4) is 0 Å². The molecule has 1 saturated heterocycles. The van der Waals surface area contributed by atoms with Crippen molar-refractivity contribution < 1.29 is 9.59 Å². The van der Waals surface area contributed by atoms with E-state index in [1.165, 1.54) is 0 Å². The number of amides is 2. The molecule has 0 aliphatic carbocycles. The Morgan fingerprint density at radius 1 is 1.26 bits per heavy atom. The summed E-state index contributed by atoms with van der Waals surface area (Å²) in [6.07, 6.45) is 3.11. The van der Waals surface area contributed by atoms with E-state index >= 15 is 0 Å². The molecule has 23 heavy (non-hydrogen) atoms. The third kappa shape index (κ3) is 5.36. The van der Waals surface area contributed by atoms with Crippen LogP contribution in [0.2, 0.25) is 0 Å². The Hall–Kier alpha value is -1.88. The number of nitrogens with one attached hydrogen (secondary N) is 2. The zero-order valence-corrected chi connectivity index (χ0v) is 14.1. The van der Waals surface area contributed by atoms with Crippen LogP contribution in [0.1, 0.15) is 43.5 Å². The van der Waals surface area contributed by atoms with Crippen molar-refractivity contribution in [2.24, 2.45) is 5.92 Å². The van der Waals surface area contributed by atoms with Crippen molar-refractivity contribution in [3.8, 4) is 0 Å².